The van der Waals surface area contributed by atoms with Crippen LogP contribution in [-0.4, -0.2) is 7.00 Å². The van der Waals surface area contributed by atoms with Crippen molar-refractivity contribution in [1.82, 2.24) is 0 Å². The Balaban J connectivity index is 2.34. The molecule has 1 unspecified atom stereocenters. The molecule has 0 aromatic rings. The van der Waals surface area contributed by atoms with E-state index in [1.54, 1.807) is 0 Å². The Hall–Kier alpha value is 0.495. The van der Waals surface area contributed by atoms with Gasteiger partial charge in [-0.15, -0.1) is 0 Å². The maximum absolute atomic E-state index is 2.60. The lowest BCUT2D eigenvalue weighted by molar-refractivity contribution is 0.882. The zero-order valence-electron chi connectivity index (χ0n) is 4.28. The normalized spacial score (nSPS) is 8.33. The molecule has 0 N–H and O–H groups in total. The Kier molecular flexibility index (Phi) is 5.95. The van der Waals surface area contributed by atoms with E-state index in [-0.39, 0.29) is 0 Å². The van der Waals surface area contributed by atoms with Crippen LogP contribution in [0.1, 0.15) is 19.8 Å². The molecule has 6 heavy (non-hydrogen) atoms. The van der Waals surface area contributed by atoms with Gasteiger partial charge in [0.1, 0.15) is 7.00 Å². The molecule has 0 aliphatic rings. The fourth-order valence-corrected chi connectivity index (χ4v) is 0.558. The van der Waals surface area contributed by atoms with Crippen LogP contribution in [0.15, 0.2) is 0 Å². The molecule has 0 aromatic heterocycles. The number of rotatable bonds is 3. The minimum Gasteiger partial charge on any atom is -0.178 e. The minimum atomic E-state index is 1.25. The van der Waals surface area contributed by atoms with Gasteiger partial charge in [0.2, 0.25) is 0 Å². The fraction of sp³-hybridized carbons (Fsp3) is 1.00. The predicted octanol–water partition coefficient (Wildman–Crippen LogP) is 1.70. The molecule has 0 bridgehead atoms. The highest BCUT2D eigenvalue weighted by Gasteiger charge is 1.77. The average molecular weight is 101 g/mol. The summed E-state index contributed by atoms with van der Waals surface area (Å²) in [5.74, 6) is 0. The van der Waals surface area contributed by atoms with Crippen molar-refractivity contribution in [2.24, 2.45) is 0 Å². The first-order chi connectivity index (χ1) is 2.91. The van der Waals surface area contributed by atoms with Crippen LogP contribution in [0, 0.1) is 0 Å². The zero-order chi connectivity index (χ0) is 4.83. The number of hydrogen-bond acceptors (Lipinski definition) is 0. The summed E-state index contributed by atoms with van der Waals surface area (Å²) in [6.07, 6.45) is 3.90. The van der Waals surface area contributed by atoms with E-state index in [1.165, 1.54) is 19.2 Å². The molecule has 0 rings (SSSR count). The first-order valence-electron chi connectivity index (χ1n) is 2.45. The molecule has 0 fully saturated rings. The van der Waals surface area contributed by atoms with Gasteiger partial charge in [0.15, 0.2) is 0 Å². The van der Waals surface area contributed by atoms with E-state index in [9.17, 15) is 0 Å². The van der Waals surface area contributed by atoms with Gasteiger partial charge in [-0.1, -0.05) is 26.1 Å². The van der Waals surface area contributed by atoms with Crippen LogP contribution >= 0.6 is 9.12 Å². The van der Waals surface area contributed by atoms with Crippen LogP contribution in [0.3, 0.4) is 0 Å². The Bertz CT molecular complexity index is 19.5. The van der Waals surface area contributed by atoms with Crippen molar-refractivity contribution in [3.05, 3.63) is 0 Å². The summed E-state index contributed by atoms with van der Waals surface area (Å²) in [6, 6.07) is 0. The standard InChI is InChI=1S/C4H11BP/c1-2-3-4-5-6/h2-4,6H2,1H3. The summed E-state index contributed by atoms with van der Waals surface area (Å²) in [6.45, 7) is 4.33. The summed E-state index contributed by atoms with van der Waals surface area (Å²) < 4.78 is 0. The second kappa shape index (κ2) is 5.49. The summed E-state index contributed by atoms with van der Waals surface area (Å²) in [7, 11) is 2.60. The molecule has 0 aliphatic heterocycles. The van der Waals surface area contributed by atoms with Gasteiger partial charge >= 0.3 is 0 Å². The van der Waals surface area contributed by atoms with Crippen LogP contribution < -0.4 is 0 Å². The van der Waals surface area contributed by atoms with E-state index in [1.807, 2.05) is 0 Å². The highest BCUT2D eigenvalue weighted by molar-refractivity contribution is 7.55. The van der Waals surface area contributed by atoms with Crippen molar-refractivity contribution in [2.45, 2.75) is 26.1 Å². The Labute approximate surface area is 43.1 Å². The van der Waals surface area contributed by atoms with Gasteiger partial charge < -0.3 is 0 Å². The zero-order valence-corrected chi connectivity index (χ0v) is 5.43. The van der Waals surface area contributed by atoms with Crippen LogP contribution in [0.4, 0.5) is 0 Å². The van der Waals surface area contributed by atoms with Crippen molar-refractivity contribution in [1.29, 1.82) is 0 Å². The van der Waals surface area contributed by atoms with Gasteiger partial charge in [0.05, 0.1) is 0 Å². The van der Waals surface area contributed by atoms with Gasteiger partial charge in [-0.3, -0.25) is 0 Å². The molecule has 1 atom stereocenters. The van der Waals surface area contributed by atoms with Crippen molar-refractivity contribution in [3.8, 4) is 0 Å². The van der Waals surface area contributed by atoms with E-state index in [4.69, 9.17) is 0 Å². The van der Waals surface area contributed by atoms with E-state index in [0.717, 1.165) is 0 Å². The molecule has 2 heteroatoms. The number of unbranched alkanes of at least 4 members (excludes halogenated alkanes) is 1. The quantitative estimate of drug-likeness (QED) is 0.288. The third kappa shape index (κ3) is 4.49. The maximum atomic E-state index is 2.60. The molecule has 0 aliphatic carbocycles. The maximum Gasteiger partial charge on any atom is 0.138 e. The van der Waals surface area contributed by atoms with Crippen molar-refractivity contribution >= 4 is 16.1 Å². The third-order valence-corrected chi connectivity index (χ3v) is 1.06. The SMILES string of the molecule is CCCC[B]P. The van der Waals surface area contributed by atoms with E-state index in [0.29, 0.717) is 0 Å². The lowest BCUT2D eigenvalue weighted by Crippen LogP contribution is -1.72. The Morgan fingerprint density at radius 3 is 2.50 bits per heavy atom. The third-order valence-electron chi connectivity index (χ3n) is 0.724. The fourth-order valence-electron chi connectivity index (χ4n) is 0.322. The van der Waals surface area contributed by atoms with Gasteiger partial charge in [0, 0.05) is 0 Å². The average Bonchev–Trinajstić information content (AvgIpc) is 1.61. The summed E-state index contributed by atoms with van der Waals surface area (Å²) in [5, 5.41) is 0. The summed E-state index contributed by atoms with van der Waals surface area (Å²) in [5.41, 5.74) is 0. The molecule has 0 nitrogen and oxygen atoms in total. The first-order valence-corrected chi connectivity index (χ1v) is 3.12. The lowest BCUT2D eigenvalue weighted by Gasteiger charge is -1.84. The summed E-state index contributed by atoms with van der Waals surface area (Å²) in [4.78, 5) is 0. The molecule has 0 heterocycles. The molecule has 0 amide bonds. The highest BCUT2D eigenvalue weighted by Crippen LogP contribution is 1.94. The van der Waals surface area contributed by atoms with Gasteiger partial charge in [-0.25, -0.2) is 0 Å². The van der Waals surface area contributed by atoms with E-state index < -0.39 is 0 Å². The molecular formula is C4H11BP. The molecule has 35 valence electrons. The summed E-state index contributed by atoms with van der Waals surface area (Å²) >= 11 is 0. The van der Waals surface area contributed by atoms with Crippen LogP contribution in [-0.2, 0) is 0 Å². The van der Waals surface area contributed by atoms with Crippen molar-refractivity contribution in [2.75, 3.05) is 0 Å². The Morgan fingerprint density at radius 1 is 1.67 bits per heavy atom. The first kappa shape index (κ1) is 6.49. The van der Waals surface area contributed by atoms with Crippen LogP contribution in [0.25, 0.3) is 0 Å². The molecule has 0 saturated heterocycles. The van der Waals surface area contributed by atoms with E-state index in [2.05, 4.69) is 23.0 Å². The number of hydrogen-bond donors (Lipinski definition) is 0. The molecule has 0 spiro atoms. The van der Waals surface area contributed by atoms with Crippen LogP contribution in [0.2, 0.25) is 6.32 Å². The molecular weight excluding hydrogens is 89.8 g/mol. The molecule has 1 radical (unpaired) electrons. The van der Waals surface area contributed by atoms with Gasteiger partial charge in [0.25, 0.3) is 0 Å². The Morgan fingerprint density at radius 2 is 2.33 bits per heavy atom. The van der Waals surface area contributed by atoms with Crippen molar-refractivity contribution < 1.29 is 0 Å². The van der Waals surface area contributed by atoms with Crippen molar-refractivity contribution in [3.63, 3.8) is 0 Å². The second-order valence-electron chi connectivity index (χ2n) is 1.38. The van der Waals surface area contributed by atoms with E-state index >= 15 is 0 Å². The highest BCUT2D eigenvalue weighted by atomic mass is 31.0. The predicted molar refractivity (Wildman–Crippen MR) is 35.2 cm³/mol. The smallest absolute Gasteiger partial charge is 0.138 e. The second-order valence-corrected chi connectivity index (χ2v) is 1.85. The largest absolute Gasteiger partial charge is 0.178 e. The monoisotopic (exact) mass is 101 g/mol. The van der Waals surface area contributed by atoms with Gasteiger partial charge in [-0.2, -0.15) is 9.12 Å². The van der Waals surface area contributed by atoms with Gasteiger partial charge in [-0.05, 0) is 0 Å². The van der Waals surface area contributed by atoms with Crippen LogP contribution in [0.5, 0.6) is 0 Å². The lowest BCUT2D eigenvalue weighted by atomic mass is 9.99. The molecule has 0 saturated carbocycles. The molecule has 0 aromatic carbocycles. The minimum absolute atomic E-state index is 1.25. The topological polar surface area (TPSA) is 0 Å².